The maximum atomic E-state index is 5.28. The molecule has 3 heterocycles. The van der Waals surface area contributed by atoms with Gasteiger partial charge in [0.15, 0.2) is 17.5 Å². The highest BCUT2D eigenvalue weighted by molar-refractivity contribution is 6.11. The van der Waals surface area contributed by atoms with Crippen LogP contribution in [0.15, 0.2) is 224 Å². The van der Waals surface area contributed by atoms with E-state index in [2.05, 4.69) is 228 Å². The van der Waals surface area contributed by atoms with Gasteiger partial charge in [-0.1, -0.05) is 176 Å². The first kappa shape index (κ1) is 35.5. The molecule has 0 saturated heterocycles. The summed E-state index contributed by atoms with van der Waals surface area (Å²) >= 11 is 0. The van der Waals surface area contributed by atoms with Gasteiger partial charge >= 0.3 is 0 Å². The van der Waals surface area contributed by atoms with E-state index in [1.54, 1.807) is 0 Å². The summed E-state index contributed by atoms with van der Waals surface area (Å²) in [5.74, 6) is 1.84. The molecule has 9 aromatic carbocycles. The molecule has 0 unspecified atom stereocenters. The third-order valence-electron chi connectivity index (χ3n) is 12.0. The minimum Gasteiger partial charge on any atom is -0.309 e. The van der Waals surface area contributed by atoms with Crippen molar-refractivity contribution >= 4 is 43.6 Å². The van der Waals surface area contributed by atoms with Gasteiger partial charge in [-0.15, -0.1) is 0 Å². The Morgan fingerprint density at radius 3 is 0.968 bits per heavy atom. The van der Waals surface area contributed by atoms with Crippen LogP contribution in [0.1, 0.15) is 0 Å². The number of nitrogens with zero attached hydrogens (tertiary/aromatic N) is 5. The van der Waals surface area contributed by atoms with Crippen molar-refractivity contribution in [3.63, 3.8) is 0 Å². The second-order valence-corrected chi connectivity index (χ2v) is 15.7. The quantitative estimate of drug-likeness (QED) is 0.162. The zero-order chi connectivity index (χ0) is 41.0. The lowest BCUT2D eigenvalue weighted by atomic mass is 9.99. The molecule has 0 aliphatic heterocycles. The topological polar surface area (TPSA) is 48.5 Å². The molecule has 0 bridgehead atoms. The van der Waals surface area contributed by atoms with Gasteiger partial charge in [-0.05, 0) is 70.8 Å². The molecule has 0 amide bonds. The predicted molar refractivity (Wildman–Crippen MR) is 256 cm³/mol. The van der Waals surface area contributed by atoms with Gasteiger partial charge in [-0.3, -0.25) is 0 Å². The first-order chi connectivity index (χ1) is 30.7. The first-order valence-electron chi connectivity index (χ1n) is 20.9. The molecule has 0 spiro atoms. The van der Waals surface area contributed by atoms with E-state index in [4.69, 9.17) is 15.0 Å². The van der Waals surface area contributed by atoms with E-state index in [1.807, 2.05) is 6.07 Å². The second kappa shape index (κ2) is 14.7. The van der Waals surface area contributed by atoms with Gasteiger partial charge in [0.05, 0.1) is 22.1 Å². The number of benzene rings is 9. The molecule has 290 valence electrons. The van der Waals surface area contributed by atoms with Gasteiger partial charge in [0.25, 0.3) is 0 Å². The van der Waals surface area contributed by atoms with Crippen molar-refractivity contribution in [2.45, 2.75) is 0 Å². The fourth-order valence-corrected chi connectivity index (χ4v) is 8.99. The number of fused-ring (bicyclic) bond motifs is 6. The van der Waals surface area contributed by atoms with E-state index in [0.717, 1.165) is 61.3 Å². The Morgan fingerprint density at radius 1 is 0.226 bits per heavy atom. The van der Waals surface area contributed by atoms with E-state index in [1.165, 1.54) is 32.7 Å². The average Bonchev–Trinajstić information content (AvgIpc) is 3.87. The van der Waals surface area contributed by atoms with Crippen LogP contribution in [0.5, 0.6) is 0 Å². The Kier molecular flexibility index (Phi) is 8.42. The van der Waals surface area contributed by atoms with Crippen LogP contribution in [0.2, 0.25) is 0 Å². The molecular formula is C57H37N5. The van der Waals surface area contributed by atoms with E-state index < -0.39 is 0 Å². The largest absolute Gasteiger partial charge is 0.309 e. The van der Waals surface area contributed by atoms with Crippen LogP contribution in [-0.2, 0) is 0 Å². The first-order valence-corrected chi connectivity index (χ1v) is 20.9. The second-order valence-electron chi connectivity index (χ2n) is 15.7. The van der Waals surface area contributed by atoms with E-state index in [-0.39, 0.29) is 0 Å². The highest BCUT2D eigenvalue weighted by atomic mass is 15.0. The summed E-state index contributed by atoms with van der Waals surface area (Å²) in [5, 5.41) is 4.75. The number of hydrogen-bond donors (Lipinski definition) is 0. The molecule has 0 radical (unpaired) electrons. The highest BCUT2D eigenvalue weighted by Crippen LogP contribution is 2.37. The third kappa shape index (κ3) is 6.06. The predicted octanol–water partition coefficient (Wildman–Crippen LogP) is 14.4. The molecule has 0 fully saturated rings. The fourth-order valence-electron chi connectivity index (χ4n) is 8.99. The van der Waals surface area contributed by atoms with Gasteiger partial charge in [0.2, 0.25) is 0 Å². The maximum absolute atomic E-state index is 5.28. The molecule has 12 rings (SSSR count). The Hall–Kier alpha value is -8.41. The van der Waals surface area contributed by atoms with Gasteiger partial charge in [0, 0.05) is 49.6 Å². The standard InChI is InChI=1S/C57H37N5/c1-4-14-38(15-5-1)39-24-26-40(27-25-39)41-28-30-42(31-29-41)55-58-56(43-32-34-49-47-20-10-12-22-51(47)61(53(49)36-43)45-16-6-2-7-17-45)60-57(59-55)44-33-35-50-48-21-11-13-23-52(48)62(54(50)37-44)46-18-8-3-9-19-46/h1-37H. The summed E-state index contributed by atoms with van der Waals surface area (Å²) in [6, 6.07) is 79.2. The highest BCUT2D eigenvalue weighted by Gasteiger charge is 2.19. The molecule has 0 aliphatic rings. The summed E-state index contributed by atoms with van der Waals surface area (Å²) in [6.45, 7) is 0. The van der Waals surface area contributed by atoms with Crippen molar-refractivity contribution < 1.29 is 0 Å². The third-order valence-corrected chi connectivity index (χ3v) is 12.0. The van der Waals surface area contributed by atoms with Crippen LogP contribution in [0.25, 0.3) is 111 Å². The van der Waals surface area contributed by atoms with Gasteiger partial charge in [-0.2, -0.15) is 0 Å². The molecule has 0 N–H and O–H groups in total. The van der Waals surface area contributed by atoms with Gasteiger partial charge in [-0.25, -0.2) is 15.0 Å². The summed E-state index contributed by atoms with van der Waals surface area (Å²) in [7, 11) is 0. The van der Waals surface area contributed by atoms with Crippen LogP contribution in [0.4, 0.5) is 0 Å². The number of para-hydroxylation sites is 4. The van der Waals surface area contributed by atoms with Crippen LogP contribution in [-0.4, -0.2) is 24.1 Å². The smallest absolute Gasteiger partial charge is 0.164 e. The zero-order valence-electron chi connectivity index (χ0n) is 33.6. The average molecular weight is 792 g/mol. The maximum Gasteiger partial charge on any atom is 0.164 e. The normalized spacial score (nSPS) is 11.5. The molecule has 0 saturated carbocycles. The van der Waals surface area contributed by atoms with E-state index in [9.17, 15) is 0 Å². The summed E-state index contributed by atoms with van der Waals surface area (Å²) < 4.78 is 4.66. The molecule has 5 nitrogen and oxygen atoms in total. The molecule has 0 aliphatic carbocycles. The van der Waals surface area contributed by atoms with Crippen molar-refractivity contribution in [2.75, 3.05) is 0 Å². The SMILES string of the molecule is c1ccc(-c2ccc(-c3ccc(-c4nc(-c5ccc6c7ccccc7n(-c7ccccc7)c6c5)nc(-c5ccc6c7ccccc7n(-c7ccccc7)c6c5)n4)cc3)cc2)cc1. The number of hydrogen-bond acceptors (Lipinski definition) is 3. The van der Waals surface area contributed by atoms with Crippen molar-refractivity contribution in [3.8, 4) is 67.8 Å². The van der Waals surface area contributed by atoms with E-state index >= 15 is 0 Å². The minimum atomic E-state index is 0.612. The fraction of sp³-hybridized carbons (Fsp3) is 0. The van der Waals surface area contributed by atoms with Crippen molar-refractivity contribution in [3.05, 3.63) is 224 Å². The monoisotopic (exact) mass is 791 g/mol. The zero-order valence-corrected chi connectivity index (χ0v) is 33.6. The summed E-state index contributed by atoms with van der Waals surface area (Å²) in [6.07, 6.45) is 0. The van der Waals surface area contributed by atoms with Crippen LogP contribution < -0.4 is 0 Å². The molecule has 3 aromatic heterocycles. The Balaban J connectivity index is 1.02. The Bertz CT molecular complexity index is 3410. The van der Waals surface area contributed by atoms with Gasteiger partial charge < -0.3 is 9.13 Å². The van der Waals surface area contributed by atoms with Crippen LogP contribution >= 0.6 is 0 Å². The lowest BCUT2D eigenvalue weighted by Gasteiger charge is -2.12. The van der Waals surface area contributed by atoms with Crippen LogP contribution in [0, 0.1) is 0 Å². The summed E-state index contributed by atoms with van der Waals surface area (Å²) in [4.78, 5) is 15.8. The lowest BCUT2D eigenvalue weighted by Crippen LogP contribution is -2.01. The van der Waals surface area contributed by atoms with Crippen LogP contribution in [0.3, 0.4) is 0 Å². The Labute approximate surface area is 358 Å². The molecular weight excluding hydrogens is 755 g/mol. The molecule has 0 atom stereocenters. The lowest BCUT2D eigenvalue weighted by molar-refractivity contribution is 1.07. The molecule has 62 heavy (non-hydrogen) atoms. The Morgan fingerprint density at radius 2 is 0.532 bits per heavy atom. The van der Waals surface area contributed by atoms with Crippen molar-refractivity contribution in [1.29, 1.82) is 0 Å². The van der Waals surface area contributed by atoms with E-state index in [0.29, 0.717) is 17.5 Å². The number of rotatable bonds is 7. The number of aromatic nitrogens is 5. The summed E-state index contributed by atoms with van der Waals surface area (Å²) in [5.41, 5.74) is 14.1. The van der Waals surface area contributed by atoms with Gasteiger partial charge in [0.1, 0.15) is 0 Å². The molecule has 12 aromatic rings. The minimum absolute atomic E-state index is 0.612. The van der Waals surface area contributed by atoms with Crippen molar-refractivity contribution in [2.24, 2.45) is 0 Å². The van der Waals surface area contributed by atoms with Crippen molar-refractivity contribution in [1.82, 2.24) is 24.1 Å². The molecule has 5 heteroatoms.